The third kappa shape index (κ3) is 47.1. The van der Waals surface area contributed by atoms with Crippen LogP contribution < -0.4 is 0 Å². The second-order valence-corrected chi connectivity index (χ2v) is 16.0. The molecule has 0 rings (SSSR count). The molecule has 0 fully saturated rings. The summed E-state index contributed by atoms with van der Waals surface area (Å²) < 4.78 is 16.7. The summed E-state index contributed by atoms with van der Waals surface area (Å²) in [7, 11) is 0. The molecule has 0 radical (unpaired) electrons. The fourth-order valence-corrected chi connectivity index (χ4v) is 6.31. The third-order valence-corrected chi connectivity index (χ3v) is 9.99. The highest BCUT2D eigenvalue weighted by Gasteiger charge is 2.19. The van der Waals surface area contributed by atoms with Gasteiger partial charge < -0.3 is 14.2 Å². The number of carbonyl (C=O) groups excluding carboxylic acids is 3. The van der Waals surface area contributed by atoms with Crippen molar-refractivity contribution in [2.45, 2.75) is 213 Å². The van der Waals surface area contributed by atoms with Crippen LogP contribution in [0.4, 0.5) is 0 Å². The van der Waals surface area contributed by atoms with Gasteiger partial charge in [-0.05, 0) is 116 Å². The molecular formula is C56H90O6. The molecule has 0 saturated heterocycles. The Hall–Kier alpha value is -3.93. The van der Waals surface area contributed by atoms with Gasteiger partial charge >= 0.3 is 17.9 Å². The number of hydrogen-bond acceptors (Lipinski definition) is 6. The highest BCUT2D eigenvalue weighted by atomic mass is 16.6. The Labute approximate surface area is 380 Å². The van der Waals surface area contributed by atoms with Crippen LogP contribution in [0, 0.1) is 0 Å². The molecule has 0 bridgehead atoms. The molecule has 0 aromatic heterocycles. The van der Waals surface area contributed by atoms with Gasteiger partial charge in [0.2, 0.25) is 0 Å². The highest BCUT2D eigenvalue weighted by molar-refractivity contribution is 5.71. The molecular weight excluding hydrogens is 769 g/mol. The maximum atomic E-state index is 12.8. The van der Waals surface area contributed by atoms with Crippen molar-refractivity contribution in [3.63, 3.8) is 0 Å². The van der Waals surface area contributed by atoms with E-state index in [9.17, 15) is 14.4 Å². The fourth-order valence-electron chi connectivity index (χ4n) is 6.31. The largest absolute Gasteiger partial charge is 0.462 e. The lowest BCUT2D eigenvalue weighted by Crippen LogP contribution is -2.30. The second-order valence-electron chi connectivity index (χ2n) is 16.0. The molecule has 350 valence electrons. The van der Waals surface area contributed by atoms with Gasteiger partial charge in [0.1, 0.15) is 13.2 Å². The van der Waals surface area contributed by atoms with E-state index >= 15 is 0 Å². The van der Waals surface area contributed by atoms with E-state index in [2.05, 4.69) is 130 Å². The van der Waals surface area contributed by atoms with E-state index in [0.29, 0.717) is 19.3 Å². The summed E-state index contributed by atoms with van der Waals surface area (Å²) in [6, 6.07) is 0. The van der Waals surface area contributed by atoms with Crippen LogP contribution in [-0.4, -0.2) is 37.2 Å². The first-order valence-electron chi connectivity index (χ1n) is 24.9. The molecule has 0 aliphatic heterocycles. The summed E-state index contributed by atoms with van der Waals surface area (Å²) in [4.78, 5) is 37.9. The number of rotatable bonds is 43. The molecule has 1 atom stereocenters. The van der Waals surface area contributed by atoms with Crippen molar-refractivity contribution in [2.24, 2.45) is 0 Å². The van der Waals surface area contributed by atoms with E-state index in [1.165, 1.54) is 32.1 Å². The number of ether oxygens (including phenoxy) is 3. The Bertz CT molecular complexity index is 1310. The Balaban J connectivity index is 4.53. The van der Waals surface area contributed by atoms with Crippen LogP contribution in [0.15, 0.2) is 109 Å². The zero-order valence-corrected chi connectivity index (χ0v) is 39.8. The number of hydrogen-bond donors (Lipinski definition) is 0. The van der Waals surface area contributed by atoms with Crippen molar-refractivity contribution in [1.82, 2.24) is 0 Å². The van der Waals surface area contributed by atoms with Crippen molar-refractivity contribution in [2.75, 3.05) is 13.2 Å². The minimum atomic E-state index is -0.814. The third-order valence-electron chi connectivity index (χ3n) is 9.99. The predicted octanol–water partition coefficient (Wildman–Crippen LogP) is 16.4. The van der Waals surface area contributed by atoms with Gasteiger partial charge in [0.25, 0.3) is 0 Å². The predicted molar refractivity (Wildman–Crippen MR) is 265 cm³/mol. The van der Waals surface area contributed by atoms with Crippen LogP contribution in [0.1, 0.15) is 207 Å². The van der Waals surface area contributed by atoms with E-state index < -0.39 is 6.10 Å². The number of unbranched alkanes of at least 4 members (excludes halogenated alkanes) is 14. The average molecular weight is 859 g/mol. The molecule has 62 heavy (non-hydrogen) atoms. The summed E-state index contributed by atoms with van der Waals surface area (Å²) in [6.07, 6.45) is 66.4. The molecule has 0 heterocycles. The van der Waals surface area contributed by atoms with Crippen LogP contribution >= 0.6 is 0 Å². The molecule has 0 aliphatic rings. The summed E-state index contributed by atoms with van der Waals surface area (Å²) in [6.45, 7) is 6.29. The van der Waals surface area contributed by atoms with Crippen LogP contribution in [0.2, 0.25) is 0 Å². The van der Waals surface area contributed by atoms with Crippen molar-refractivity contribution in [3.8, 4) is 0 Å². The molecule has 6 nitrogen and oxygen atoms in total. The topological polar surface area (TPSA) is 78.9 Å². The number of esters is 3. The van der Waals surface area contributed by atoms with Gasteiger partial charge in [-0.3, -0.25) is 14.4 Å². The number of allylic oxidation sites excluding steroid dienone is 18. The summed E-state index contributed by atoms with van der Waals surface area (Å²) in [5.41, 5.74) is 0. The molecule has 0 aromatic rings. The maximum Gasteiger partial charge on any atom is 0.306 e. The number of carbonyl (C=O) groups is 3. The standard InChI is InChI=1S/C56H90O6/c1-4-7-10-13-16-19-22-25-27-28-30-31-34-37-40-43-46-49-55(58)61-52-53(51-60-54(57)48-45-42-39-36-33-24-21-18-15-12-9-6-3)62-56(59)50-47-44-41-38-35-32-29-26-23-20-17-14-11-8-5-2/h7-8,10-11,16-21,25-27,29-31,37,40,53H,4-6,9,12-15,22-24,28,32-36,38-39,41-52H2,1-3H3/b10-7-,11-8-,19-16-,20-17-,21-18-,27-25-,29-26-,31-30-,40-37-. The zero-order chi connectivity index (χ0) is 45.1. The van der Waals surface area contributed by atoms with Gasteiger partial charge in [-0.1, -0.05) is 182 Å². The van der Waals surface area contributed by atoms with Gasteiger partial charge in [-0.15, -0.1) is 0 Å². The van der Waals surface area contributed by atoms with Crippen molar-refractivity contribution in [1.29, 1.82) is 0 Å². The SMILES string of the molecule is CC/C=C\C/C=C\C/C=C\C/C=C\C/C=C\CCCC(=O)OCC(COC(=O)CCCCCCC/C=C\CCCCC)OC(=O)CCCCCCC/C=C\C/C=C\C/C=C\CC. The Morgan fingerprint density at radius 2 is 0.645 bits per heavy atom. The highest BCUT2D eigenvalue weighted by Crippen LogP contribution is 2.12. The first kappa shape index (κ1) is 58.1. The van der Waals surface area contributed by atoms with Crippen LogP contribution in [-0.2, 0) is 28.6 Å². The van der Waals surface area contributed by atoms with Gasteiger partial charge in [-0.2, -0.15) is 0 Å². The van der Waals surface area contributed by atoms with Crippen molar-refractivity contribution >= 4 is 17.9 Å². The first-order valence-corrected chi connectivity index (χ1v) is 24.9. The van der Waals surface area contributed by atoms with Gasteiger partial charge in [0.15, 0.2) is 6.10 Å². The van der Waals surface area contributed by atoms with Crippen molar-refractivity contribution in [3.05, 3.63) is 109 Å². The van der Waals surface area contributed by atoms with E-state index in [0.717, 1.165) is 128 Å². The lowest BCUT2D eigenvalue weighted by Gasteiger charge is -2.18. The fraction of sp³-hybridized carbons (Fsp3) is 0.625. The van der Waals surface area contributed by atoms with Gasteiger partial charge in [0, 0.05) is 19.3 Å². The van der Waals surface area contributed by atoms with Crippen LogP contribution in [0.5, 0.6) is 0 Å². The molecule has 0 saturated carbocycles. The van der Waals surface area contributed by atoms with E-state index in [1.54, 1.807) is 0 Å². The molecule has 6 heteroatoms. The first-order chi connectivity index (χ1) is 30.5. The Kier molecular flexibility index (Phi) is 46.6. The normalized spacial score (nSPS) is 13.0. The molecule has 0 amide bonds. The molecule has 0 aromatic carbocycles. The average Bonchev–Trinajstić information content (AvgIpc) is 3.27. The molecule has 0 N–H and O–H groups in total. The zero-order valence-electron chi connectivity index (χ0n) is 39.8. The van der Waals surface area contributed by atoms with E-state index in [-0.39, 0.29) is 37.5 Å². The Morgan fingerprint density at radius 3 is 1.06 bits per heavy atom. The van der Waals surface area contributed by atoms with Gasteiger partial charge in [0.05, 0.1) is 0 Å². The smallest absolute Gasteiger partial charge is 0.306 e. The van der Waals surface area contributed by atoms with Gasteiger partial charge in [-0.25, -0.2) is 0 Å². The lowest BCUT2D eigenvalue weighted by atomic mass is 10.1. The van der Waals surface area contributed by atoms with E-state index in [1.807, 2.05) is 0 Å². The van der Waals surface area contributed by atoms with Crippen molar-refractivity contribution < 1.29 is 28.6 Å². The van der Waals surface area contributed by atoms with Crippen LogP contribution in [0.25, 0.3) is 0 Å². The Morgan fingerprint density at radius 1 is 0.339 bits per heavy atom. The lowest BCUT2D eigenvalue weighted by molar-refractivity contribution is -0.167. The minimum absolute atomic E-state index is 0.109. The monoisotopic (exact) mass is 859 g/mol. The molecule has 1 unspecified atom stereocenters. The maximum absolute atomic E-state index is 12.8. The quantitative estimate of drug-likeness (QED) is 0.0263. The summed E-state index contributed by atoms with van der Waals surface area (Å²) in [5, 5.41) is 0. The second kappa shape index (κ2) is 49.7. The van der Waals surface area contributed by atoms with Crippen LogP contribution in [0.3, 0.4) is 0 Å². The minimum Gasteiger partial charge on any atom is -0.462 e. The molecule has 0 aliphatic carbocycles. The summed E-state index contributed by atoms with van der Waals surface area (Å²) in [5.74, 6) is -1.00. The summed E-state index contributed by atoms with van der Waals surface area (Å²) >= 11 is 0. The van der Waals surface area contributed by atoms with E-state index in [4.69, 9.17) is 14.2 Å². The molecule has 0 spiro atoms.